The summed E-state index contributed by atoms with van der Waals surface area (Å²) in [5, 5.41) is 15.2. The molecular formula is C18H13N5O3S2. The number of aromatic nitrogens is 3. The van der Waals surface area contributed by atoms with Gasteiger partial charge in [-0.15, -0.1) is 0 Å². The molecule has 0 atom stereocenters. The predicted molar refractivity (Wildman–Crippen MR) is 112 cm³/mol. The van der Waals surface area contributed by atoms with Gasteiger partial charge in [0.15, 0.2) is 10.2 Å². The number of anilines is 1. The van der Waals surface area contributed by atoms with Gasteiger partial charge in [0, 0.05) is 0 Å². The Hall–Kier alpha value is -3.37. The number of aromatic hydroxyl groups is 1. The Bertz CT molecular complexity index is 1310. The van der Waals surface area contributed by atoms with Gasteiger partial charge in [0.1, 0.15) is 11.6 Å². The van der Waals surface area contributed by atoms with Crippen LogP contribution in [0, 0.1) is 6.92 Å². The Balaban J connectivity index is 1.57. The minimum absolute atomic E-state index is 0.0861. The largest absolute Gasteiger partial charge is 0.508 e. The molecule has 4 aromatic rings. The molecule has 0 aliphatic heterocycles. The van der Waals surface area contributed by atoms with Crippen LogP contribution in [0.2, 0.25) is 0 Å². The summed E-state index contributed by atoms with van der Waals surface area (Å²) in [6, 6.07) is 11.0. The molecule has 0 unspecified atom stereocenters. The molecule has 0 radical (unpaired) electrons. The van der Waals surface area contributed by atoms with Crippen LogP contribution in [-0.2, 0) is 0 Å². The summed E-state index contributed by atoms with van der Waals surface area (Å²) in [6.45, 7) is 1.64. The van der Waals surface area contributed by atoms with E-state index in [0.717, 1.165) is 4.70 Å². The number of amides is 2. The van der Waals surface area contributed by atoms with E-state index >= 15 is 0 Å². The van der Waals surface area contributed by atoms with Gasteiger partial charge in [0.25, 0.3) is 5.56 Å². The lowest BCUT2D eigenvalue weighted by Crippen LogP contribution is -2.42. The van der Waals surface area contributed by atoms with Crippen molar-refractivity contribution in [1.29, 1.82) is 0 Å². The van der Waals surface area contributed by atoms with Crippen LogP contribution in [0.1, 0.15) is 5.82 Å². The summed E-state index contributed by atoms with van der Waals surface area (Å²) in [4.78, 5) is 33.6. The van der Waals surface area contributed by atoms with E-state index in [1.54, 1.807) is 43.3 Å². The first kappa shape index (κ1) is 18.0. The molecule has 4 rings (SSSR count). The maximum atomic E-state index is 12.7. The van der Waals surface area contributed by atoms with Crippen LogP contribution in [0.5, 0.6) is 5.75 Å². The van der Waals surface area contributed by atoms with Crippen LogP contribution >= 0.6 is 23.6 Å². The maximum absolute atomic E-state index is 12.7. The first-order valence-corrected chi connectivity index (χ1v) is 9.35. The van der Waals surface area contributed by atoms with Gasteiger partial charge in [-0.2, -0.15) is 0 Å². The topological polar surface area (TPSA) is 109 Å². The van der Waals surface area contributed by atoms with Crippen LogP contribution < -0.4 is 16.2 Å². The third-order valence-electron chi connectivity index (χ3n) is 3.96. The van der Waals surface area contributed by atoms with Gasteiger partial charge < -0.3 is 5.11 Å². The van der Waals surface area contributed by atoms with Gasteiger partial charge in [-0.05, 0) is 49.5 Å². The highest BCUT2D eigenvalue weighted by Gasteiger charge is 2.15. The average Bonchev–Trinajstić information content (AvgIpc) is 3.02. The van der Waals surface area contributed by atoms with Crippen LogP contribution in [0.3, 0.4) is 0 Å². The van der Waals surface area contributed by atoms with E-state index < -0.39 is 6.03 Å². The summed E-state index contributed by atoms with van der Waals surface area (Å²) in [5.74, 6) is 0.483. The third kappa shape index (κ3) is 3.30. The van der Waals surface area contributed by atoms with Gasteiger partial charge in [-0.3, -0.25) is 15.4 Å². The zero-order valence-electron chi connectivity index (χ0n) is 14.5. The number of fused-ring (bicyclic) bond motifs is 2. The van der Waals surface area contributed by atoms with Crippen molar-refractivity contribution in [2.24, 2.45) is 0 Å². The fourth-order valence-electron chi connectivity index (χ4n) is 2.73. The first-order chi connectivity index (χ1) is 13.4. The van der Waals surface area contributed by atoms with Crippen LogP contribution in [0.4, 0.5) is 9.93 Å². The van der Waals surface area contributed by atoms with Crippen molar-refractivity contribution in [3.8, 4) is 5.75 Å². The number of hydrogen-bond donors (Lipinski definition) is 3. The standard InChI is InChI=1S/C18H13N5O3S2/c1-9-19-12-5-3-2-4-11(12)15(25)23(9)18(27)22-16(26)21-17-20-13-7-6-10(24)8-14(13)28-17/h2-8,24H,1H3,(H2,20,21,22,26,27). The number of thiazole rings is 1. The van der Waals surface area contributed by atoms with Crippen molar-refractivity contribution in [2.75, 3.05) is 5.32 Å². The Labute approximate surface area is 167 Å². The number of thiocarbonyl (C=S) groups is 1. The van der Waals surface area contributed by atoms with E-state index in [2.05, 4.69) is 20.6 Å². The molecule has 2 amide bonds. The van der Waals surface area contributed by atoms with Crippen molar-refractivity contribution >= 4 is 60.9 Å². The van der Waals surface area contributed by atoms with Gasteiger partial charge in [0.05, 0.1) is 21.1 Å². The number of phenolic OH excluding ortho intramolecular Hbond substituents is 1. The lowest BCUT2D eigenvalue weighted by atomic mass is 10.2. The minimum atomic E-state index is -0.632. The molecule has 0 aliphatic carbocycles. The number of urea groups is 1. The summed E-state index contributed by atoms with van der Waals surface area (Å²) >= 11 is 6.44. The number of aryl methyl sites for hydroxylation is 1. The molecular weight excluding hydrogens is 398 g/mol. The number of carbonyl (C=O) groups excluding carboxylic acids is 1. The second kappa shape index (κ2) is 6.98. The fraction of sp³-hybridized carbons (Fsp3) is 0.0556. The Kier molecular flexibility index (Phi) is 4.49. The smallest absolute Gasteiger partial charge is 0.327 e. The number of rotatable bonds is 1. The van der Waals surface area contributed by atoms with E-state index in [1.165, 1.54) is 22.0 Å². The Morgan fingerprint density at radius 3 is 2.79 bits per heavy atom. The quantitative estimate of drug-likeness (QED) is 0.416. The molecule has 0 aliphatic rings. The van der Waals surface area contributed by atoms with Crippen molar-refractivity contribution < 1.29 is 9.90 Å². The molecule has 10 heteroatoms. The highest BCUT2D eigenvalue weighted by molar-refractivity contribution is 7.80. The van der Waals surface area contributed by atoms with Gasteiger partial charge in [0.2, 0.25) is 0 Å². The number of nitrogens with zero attached hydrogens (tertiary/aromatic N) is 3. The zero-order valence-corrected chi connectivity index (χ0v) is 16.1. The van der Waals surface area contributed by atoms with Crippen LogP contribution in [0.15, 0.2) is 47.3 Å². The van der Waals surface area contributed by atoms with Crippen LogP contribution in [0.25, 0.3) is 21.1 Å². The molecule has 0 spiro atoms. The normalized spacial score (nSPS) is 10.9. The van der Waals surface area contributed by atoms with E-state index in [0.29, 0.717) is 27.4 Å². The predicted octanol–water partition coefficient (Wildman–Crippen LogP) is 2.97. The fourth-order valence-corrected chi connectivity index (χ4v) is 3.93. The SMILES string of the molecule is Cc1nc2ccccc2c(=O)n1C(=S)NC(=O)Nc1nc2ccc(O)cc2s1. The van der Waals surface area contributed by atoms with Crippen molar-refractivity contribution in [1.82, 2.24) is 19.9 Å². The Morgan fingerprint density at radius 2 is 1.96 bits per heavy atom. The highest BCUT2D eigenvalue weighted by Crippen LogP contribution is 2.28. The number of phenols is 1. The zero-order chi connectivity index (χ0) is 19.8. The second-order valence-corrected chi connectivity index (χ2v) is 7.29. The van der Waals surface area contributed by atoms with Crippen LogP contribution in [-0.4, -0.2) is 30.8 Å². The molecule has 2 heterocycles. The van der Waals surface area contributed by atoms with E-state index in [1.807, 2.05) is 0 Å². The summed E-state index contributed by atoms with van der Waals surface area (Å²) in [7, 11) is 0. The third-order valence-corrected chi connectivity index (χ3v) is 5.18. The first-order valence-electron chi connectivity index (χ1n) is 8.12. The molecule has 0 saturated carbocycles. The molecule has 28 heavy (non-hydrogen) atoms. The summed E-state index contributed by atoms with van der Waals surface area (Å²) < 4.78 is 1.90. The van der Waals surface area contributed by atoms with Crippen molar-refractivity contribution in [3.05, 3.63) is 58.6 Å². The lowest BCUT2D eigenvalue weighted by molar-refractivity contribution is 0.256. The van der Waals surface area contributed by atoms with E-state index in [9.17, 15) is 14.7 Å². The molecule has 2 aromatic heterocycles. The summed E-state index contributed by atoms with van der Waals surface area (Å²) in [5.41, 5.74) is 0.849. The van der Waals surface area contributed by atoms with Gasteiger partial charge >= 0.3 is 6.03 Å². The minimum Gasteiger partial charge on any atom is -0.508 e. The van der Waals surface area contributed by atoms with Crippen molar-refractivity contribution in [3.63, 3.8) is 0 Å². The number of nitrogens with one attached hydrogen (secondary N) is 2. The molecule has 3 N–H and O–H groups in total. The van der Waals surface area contributed by atoms with Gasteiger partial charge in [-0.25, -0.2) is 19.3 Å². The molecule has 2 aromatic carbocycles. The van der Waals surface area contributed by atoms with Crippen molar-refractivity contribution in [2.45, 2.75) is 6.92 Å². The maximum Gasteiger partial charge on any atom is 0.327 e. The number of benzene rings is 2. The molecule has 140 valence electrons. The molecule has 8 nitrogen and oxygen atoms in total. The number of carbonyl (C=O) groups is 1. The number of para-hydroxylation sites is 1. The second-order valence-electron chi connectivity index (χ2n) is 5.87. The number of hydrogen-bond acceptors (Lipinski definition) is 7. The monoisotopic (exact) mass is 411 g/mol. The average molecular weight is 411 g/mol. The molecule has 0 saturated heterocycles. The highest BCUT2D eigenvalue weighted by atomic mass is 32.1. The van der Waals surface area contributed by atoms with E-state index in [-0.39, 0.29) is 16.4 Å². The lowest BCUT2D eigenvalue weighted by Gasteiger charge is -2.12. The molecule has 0 fully saturated rings. The van der Waals surface area contributed by atoms with E-state index in [4.69, 9.17) is 12.2 Å². The Morgan fingerprint density at radius 1 is 1.18 bits per heavy atom. The molecule has 0 bridgehead atoms. The summed E-state index contributed by atoms with van der Waals surface area (Å²) in [6.07, 6.45) is 0. The van der Waals surface area contributed by atoms with Gasteiger partial charge in [-0.1, -0.05) is 23.5 Å².